The predicted octanol–water partition coefficient (Wildman–Crippen LogP) is 2.59. The topological polar surface area (TPSA) is 46.2 Å². The lowest BCUT2D eigenvalue weighted by Gasteiger charge is -2.26. The third kappa shape index (κ3) is 2.08. The molecular formula is C9H8F5NO. The van der Waals surface area contributed by atoms with Crippen LogP contribution in [-0.4, -0.2) is 17.2 Å². The van der Waals surface area contributed by atoms with Gasteiger partial charge in [0, 0.05) is 5.56 Å². The zero-order chi connectivity index (χ0) is 12.6. The van der Waals surface area contributed by atoms with E-state index in [-0.39, 0.29) is 0 Å². The Kier molecular flexibility index (Phi) is 3.09. The maximum atomic E-state index is 12.8. The lowest BCUT2D eigenvalue weighted by atomic mass is 10.00. The van der Waals surface area contributed by atoms with Crippen molar-refractivity contribution in [3.05, 3.63) is 29.8 Å². The van der Waals surface area contributed by atoms with E-state index in [4.69, 9.17) is 10.8 Å². The fourth-order valence-corrected chi connectivity index (χ4v) is 1.12. The maximum Gasteiger partial charge on any atom is 0.455 e. The molecule has 3 N–H and O–H groups in total. The molecule has 2 nitrogen and oxygen atoms in total. The normalized spacial score (nSPS) is 14.9. The minimum atomic E-state index is -5.76. The number of nitrogens with two attached hydrogens (primary N) is 1. The Bertz CT molecular complexity index is 376. The summed E-state index contributed by atoms with van der Waals surface area (Å²) in [5.74, 6) is -5.79. The van der Waals surface area contributed by atoms with Gasteiger partial charge in [0.25, 0.3) is 0 Å². The molecule has 1 aromatic carbocycles. The van der Waals surface area contributed by atoms with Crippen molar-refractivity contribution < 1.29 is 27.1 Å². The second-order valence-electron chi connectivity index (χ2n) is 3.16. The summed E-state index contributed by atoms with van der Waals surface area (Å²) < 4.78 is 61.6. The van der Waals surface area contributed by atoms with Crippen LogP contribution in [0.1, 0.15) is 11.6 Å². The van der Waals surface area contributed by atoms with Crippen molar-refractivity contribution in [2.24, 2.45) is 5.73 Å². The summed E-state index contributed by atoms with van der Waals surface area (Å²) >= 11 is 0. The second-order valence-corrected chi connectivity index (χ2v) is 3.16. The van der Waals surface area contributed by atoms with Crippen molar-refractivity contribution in [2.45, 2.75) is 18.1 Å². The van der Waals surface area contributed by atoms with Crippen LogP contribution < -0.4 is 5.73 Å². The lowest BCUT2D eigenvalue weighted by Crippen LogP contribution is -2.45. The van der Waals surface area contributed by atoms with Gasteiger partial charge in [-0.15, -0.1) is 0 Å². The van der Waals surface area contributed by atoms with Crippen LogP contribution in [0.15, 0.2) is 24.3 Å². The van der Waals surface area contributed by atoms with E-state index in [2.05, 4.69) is 0 Å². The first-order valence-electron chi connectivity index (χ1n) is 4.16. The van der Waals surface area contributed by atoms with Crippen LogP contribution in [0.5, 0.6) is 5.75 Å². The summed E-state index contributed by atoms with van der Waals surface area (Å²) in [6.45, 7) is 0. The summed E-state index contributed by atoms with van der Waals surface area (Å²) in [7, 11) is 0. The van der Waals surface area contributed by atoms with Crippen LogP contribution in [0.3, 0.4) is 0 Å². The molecule has 0 aliphatic rings. The smallest absolute Gasteiger partial charge is 0.455 e. The van der Waals surface area contributed by atoms with Crippen LogP contribution in [0.4, 0.5) is 22.0 Å². The Labute approximate surface area is 87.5 Å². The van der Waals surface area contributed by atoms with Crippen LogP contribution in [-0.2, 0) is 0 Å². The molecule has 0 heterocycles. The van der Waals surface area contributed by atoms with Crippen molar-refractivity contribution in [3.63, 3.8) is 0 Å². The Morgan fingerprint density at radius 3 is 2.00 bits per heavy atom. The number of benzene rings is 1. The van der Waals surface area contributed by atoms with E-state index in [0.29, 0.717) is 0 Å². The average molecular weight is 241 g/mol. The summed E-state index contributed by atoms with van der Waals surface area (Å²) in [5.41, 5.74) is 4.18. The number of para-hydroxylation sites is 1. The Hall–Kier alpha value is -1.37. The molecule has 0 spiro atoms. The number of alkyl halides is 5. The molecule has 0 aliphatic heterocycles. The Morgan fingerprint density at radius 1 is 1.06 bits per heavy atom. The largest absolute Gasteiger partial charge is 0.508 e. The van der Waals surface area contributed by atoms with Crippen LogP contribution in [0, 0.1) is 0 Å². The van der Waals surface area contributed by atoms with E-state index in [1.54, 1.807) is 0 Å². The van der Waals surface area contributed by atoms with E-state index in [1.165, 1.54) is 12.1 Å². The highest BCUT2D eigenvalue weighted by molar-refractivity contribution is 5.35. The molecule has 16 heavy (non-hydrogen) atoms. The molecule has 0 unspecified atom stereocenters. The minimum Gasteiger partial charge on any atom is -0.508 e. The van der Waals surface area contributed by atoms with E-state index in [9.17, 15) is 22.0 Å². The molecule has 1 atom stereocenters. The Morgan fingerprint density at radius 2 is 1.56 bits per heavy atom. The maximum absolute atomic E-state index is 12.8. The second kappa shape index (κ2) is 3.89. The van der Waals surface area contributed by atoms with Gasteiger partial charge in [-0.05, 0) is 6.07 Å². The highest BCUT2D eigenvalue weighted by Crippen LogP contribution is 2.44. The molecule has 0 aromatic heterocycles. The number of phenolic OH excluding ortho intramolecular Hbond substituents is 1. The van der Waals surface area contributed by atoms with Gasteiger partial charge in [0.15, 0.2) is 0 Å². The summed E-state index contributed by atoms with van der Waals surface area (Å²) in [6.07, 6.45) is -5.76. The van der Waals surface area contributed by atoms with Crippen molar-refractivity contribution in [1.82, 2.24) is 0 Å². The first-order valence-corrected chi connectivity index (χ1v) is 4.16. The highest BCUT2D eigenvalue weighted by Gasteiger charge is 2.62. The van der Waals surface area contributed by atoms with Crippen LogP contribution in [0.2, 0.25) is 0 Å². The Balaban J connectivity index is 3.12. The SMILES string of the molecule is N[C@@H](c1ccccc1O)C(F)(F)C(F)(F)F. The standard InChI is InChI=1S/C9H8F5NO/c10-8(11,9(12,13)14)7(15)5-3-1-2-4-6(5)16/h1-4,7,16H,15H2/t7-/m0/s1. The molecule has 90 valence electrons. The van der Waals surface area contributed by atoms with E-state index >= 15 is 0 Å². The van der Waals surface area contributed by atoms with E-state index in [0.717, 1.165) is 12.1 Å². The van der Waals surface area contributed by atoms with Crippen molar-refractivity contribution in [1.29, 1.82) is 0 Å². The molecule has 1 rings (SSSR count). The van der Waals surface area contributed by atoms with Crippen molar-refractivity contribution in [3.8, 4) is 5.75 Å². The first-order chi connectivity index (χ1) is 7.18. The van der Waals surface area contributed by atoms with Crippen molar-refractivity contribution in [2.75, 3.05) is 0 Å². The summed E-state index contributed by atoms with van der Waals surface area (Å²) in [6, 6.07) is 1.77. The van der Waals surface area contributed by atoms with Gasteiger partial charge >= 0.3 is 12.1 Å². The molecular weight excluding hydrogens is 233 g/mol. The number of halogens is 5. The molecule has 0 amide bonds. The number of rotatable bonds is 2. The molecule has 0 bridgehead atoms. The molecule has 0 aliphatic carbocycles. The third-order valence-electron chi connectivity index (χ3n) is 2.04. The highest BCUT2D eigenvalue weighted by atomic mass is 19.4. The third-order valence-corrected chi connectivity index (χ3v) is 2.04. The van der Waals surface area contributed by atoms with E-state index < -0.39 is 29.5 Å². The van der Waals surface area contributed by atoms with Crippen LogP contribution in [0.25, 0.3) is 0 Å². The van der Waals surface area contributed by atoms with Gasteiger partial charge in [-0.3, -0.25) is 0 Å². The average Bonchev–Trinajstić information content (AvgIpc) is 2.15. The number of phenols is 1. The molecule has 0 saturated heterocycles. The predicted molar refractivity (Wildman–Crippen MR) is 46.0 cm³/mol. The summed E-state index contributed by atoms with van der Waals surface area (Å²) in [5, 5.41) is 9.13. The molecule has 1 aromatic rings. The number of aromatic hydroxyl groups is 1. The van der Waals surface area contributed by atoms with Gasteiger partial charge in [-0.2, -0.15) is 22.0 Å². The molecule has 0 saturated carbocycles. The lowest BCUT2D eigenvalue weighted by molar-refractivity contribution is -0.291. The number of hydrogen-bond acceptors (Lipinski definition) is 2. The zero-order valence-electron chi connectivity index (χ0n) is 7.80. The van der Waals surface area contributed by atoms with Crippen LogP contribution >= 0.6 is 0 Å². The monoisotopic (exact) mass is 241 g/mol. The molecule has 0 radical (unpaired) electrons. The van der Waals surface area contributed by atoms with Crippen molar-refractivity contribution >= 4 is 0 Å². The molecule has 7 heteroatoms. The van der Waals surface area contributed by atoms with Gasteiger partial charge in [0.1, 0.15) is 11.8 Å². The quantitative estimate of drug-likeness (QED) is 0.782. The number of hydrogen-bond donors (Lipinski definition) is 2. The van der Waals surface area contributed by atoms with E-state index in [1.807, 2.05) is 0 Å². The fourth-order valence-electron chi connectivity index (χ4n) is 1.12. The van der Waals surface area contributed by atoms with Gasteiger partial charge in [0.05, 0.1) is 0 Å². The van der Waals surface area contributed by atoms with Gasteiger partial charge in [0.2, 0.25) is 0 Å². The fraction of sp³-hybridized carbons (Fsp3) is 0.333. The first kappa shape index (κ1) is 12.7. The summed E-state index contributed by atoms with van der Waals surface area (Å²) in [4.78, 5) is 0. The van der Waals surface area contributed by atoms with Gasteiger partial charge < -0.3 is 10.8 Å². The van der Waals surface area contributed by atoms with Gasteiger partial charge in [-0.1, -0.05) is 18.2 Å². The zero-order valence-corrected chi connectivity index (χ0v) is 7.80. The van der Waals surface area contributed by atoms with Gasteiger partial charge in [-0.25, -0.2) is 0 Å². The minimum absolute atomic E-state index is 0.648. The molecule has 0 fully saturated rings.